The summed E-state index contributed by atoms with van der Waals surface area (Å²) in [6, 6.07) is 4.15. The number of cyclic esters (lactones) is 1. The van der Waals surface area contributed by atoms with Gasteiger partial charge in [0, 0.05) is 56.9 Å². The number of likely N-dealkylation sites (N-methyl/N-ethyl adjacent to an activating group) is 1. The number of ether oxygens (including phenoxy) is 6. The molecule has 4 rings (SSSR count). The molecule has 1 aromatic rings. The van der Waals surface area contributed by atoms with E-state index in [-0.39, 0.29) is 37.3 Å². The highest BCUT2D eigenvalue weighted by atomic mass is 35.5. The van der Waals surface area contributed by atoms with E-state index in [1.165, 1.54) is 14.0 Å². The SMILES string of the molecule is CC[C@H]1OC(=O)[C@H](C)[C@@H](O[C@H]2C[C@@](C)(OC)[C@@H](O)[C@H](C)O2)[C@H](C)[C@@H](O[C@@H]2O[C@H](C)C[C@H](N(C)C)[C@H]2O)[C@](C)(O)C[C@@H](C)CN(CCCNC(=S)Nc2ccc(Cl)c(Cl)c2)[C@H](C)[C@@H](O)[C@]1(C)O. The topological polar surface area (TPSA) is 204 Å². The standard InChI is InChI=1S/C47H80Cl2N4O12S/c1-14-35-47(10,59)39(55)29(6)53(19-15-18-50-44(66)51-31-16-17-32(48)33(49)21-31)24-25(2)22-45(8,58)41(65-43-37(54)34(52(11)12)20-26(3)61-43)27(4)38(28(5)42(57)63-35)64-36-23-46(9,60-13)40(56)30(7)62-36/h16-17,21,25-30,34-41,43,54-56,58-59H,14-15,18-20,22-24H2,1-13H3,(H2,50,51,66)/t25-,26-,27+,28-,29-,30+,34+,35-,36+,37-,38+,39-,40+,41-,43+,45-,46-,47-/m1/s1. The predicted octanol–water partition coefficient (Wildman–Crippen LogP) is 4.95. The number of nitrogens with zero attached hydrogens (tertiary/aromatic N) is 2. The van der Waals surface area contributed by atoms with Crippen LogP contribution in [0.4, 0.5) is 5.69 Å². The number of aliphatic hydroxyl groups excluding tert-OH is 3. The first-order valence-electron chi connectivity index (χ1n) is 23.4. The molecule has 66 heavy (non-hydrogen) atoms. The van der Waals surface area contributed by atoms with Crippen molar-refractivity contribution in [2.24, 2.45) is 17.8 Å². The minimum absolute atomic E-state index is 0.104. The molecule has 16 nitrogen and oxygen atoms in total. The van der Waals surface area contributed by atoms with Crippen molar-refractivity contribution < 1.29 is 58.7 Å². The summed E-state index contributed by atoms with van der Waals surface area (Å²) in [5, 5.41) is 67.4. The molecule has 18 atom stereocenters. The Morgan fingerprint density at radius 2 is 1.65 bits per heavy atom. The van der Waals surface area contributed by atoms with E-state index in [1.807, 2.05) is 46.7 Å². The molecule has 3 saturated heterocycles. The van der Waals surface area contributed by atoms with Crippen LogP contribution in [0.25, 0.3) is 0 Å². The molecule has 0 aliphatic carbocycles. The summed E-state index contributed by atoms with van der Waals surface area (Å²) in [6.07, 6.45) is -8.35. The lowest BCUT2D eigenvalue weighted by Crippen LogP contribution is -2.60. The highest BCUT2D eigenvalue weighted by molar-refractivity contribution is 7.80. The second kappa shape index (κ2) is 24.1. The maximum absolute atomic E-state index is 14.5. The molecule has 0 amide bonds. The minimum atomic E-state index is -1.90. The number of benzene rings is 1. The summed E-state index contributed by atoms with van der Waals surface area (Å²) < 4.78 is 38.1. The lowest BCUT2D eigenvalue weighted by molar-refractivity contribution is -0.318. The van der Waals surface area contributed by atoms with Crippen LogP contribution in [0.15, 0.2) is 18.2 Å². The smallest absolute Gasteiger partial charge is 0.311 e. The fourth-order valence-electron chi connectivity index (χ4n) is 10.1. The fourth-order valence-corrected chi connectivity index (χ4v) is 10.7. The molecule has 1 aromatic carbocycles. The van der Waals surface area contributed by atoms with Crippen molar-refractivity contribution in [1.82, 2.24) is 15.1 Å². The Morgan fingerprint density at radius 3 is 2.26 bits per heavy atom. The molecular weight excluding hydrogens is 916 g/mol. The van der Waals surface area contributed by atoms with Gasteiger partial charge >= 0.3 is 5.97 Å². The Labute approximate surface area is 408 Å². The van der Waals surface area contributed by atoms with Crippen LogP contribution in [-0.4, -0.2) is 178 Å². The monoisotopic (exact) mass is 994 g/mol. The highest BCUT2D eigenvalue weighted by Gasteiger charge is 2.53. The average molecular weight is 996 g/mol. The molecule has 7 N–H and O–H groups in total. The predicted molar refractivity (Wildman–Crippen MR) is 258 cm³/mol. The van der Waals surface area contributed by atoms with E-state index in [9.17, 15) is 30.3 Å². The molecule has 3 aliphatic rings. The molecule has 0 bridgehead atoms. The van der Waals surface area contributed by atoms with Gasteiger partial charge in [0.2, 0.25) is 0 Å². The molecule has 19 heteroatoms. The largest absolute Gasteiger partial charge is 0.459 e. The third-order valence-corrected chi connectivity index (χ3v) is 15.1. The molecule has 0 spiro atoms. The van der Waals surface area contributed by atoms with Crippen LogP contribution in [0.5, 0.6) is 0 Å². The number of rotatable bonds is 12. The Morgan fingerprint density at radius 1 is 0.985 bits per heavy atom. The van der Waals surface area contributed by atoms with Crippen molar-refractivity contribution >= 4 is 52.2 Å². The zero-order valence-electron chi connectivity index (χ0n) is 41.2. The van der Waals surface area contributed by atoms with E-state index in [0.717, 1.165) is 0 Å². The van der Waals surface area contributed by atoms with Crippen LogP contribution in [0.3, 0.4) is 0 Å². The van der Waals surface area contributed by atoms with E-state index >= 15 is 0 Å². The number of nitrogens with one attached hydrogen (secondary N) is 2. The number of carbonyl (C=O) groups excluding carboxylic acids is 1. The first kappa shape index (κ1) is 57.1. The molecular formula is C47H80Cl2N4O12S. The quantitative estimate of drug-likeness (QED) is 0.0841. The van der Waals surface area contributed by atoms with Crippen LogP contribution >= 0.6 is 35.4 Å². The lowest BCUT2D eigenvalue weighted by Gasteiger charge is -2.48. The van der Waals surface area contributed by atoms with Gasteiger partial charge in [0.1, 0.15) is 30.0 Å². The fraction of sp³-hybridized carbons (Fsp3) is 0.830. The van der Waals surface area contributed by atoms with E-state index in [4.69, 9.17) is 63.8 Å². The maximum Gasteiger partial charge on any atom is 0.311 e. The molecule has 3 fully saturated rings. The number of methoxy groups -OCH3 is 1. The second-order valence-electron chi connectivity index (χ2n) is 20.1. The number of hydrogen-bond acceptors (Lipinski definition) is 15. The zero-order valence-corrected chi connectivity index (χ0v) is 43.5. The Bertz CT molecular complexity index is 1740. The maximum atomic E-state index is 14.5. The number of anilines is 1. The number of halogens is 2. The van der Waals surface area contributed by atoms with Gasteiger partial charge in [-0.3, -0.25) is 9.69 Å². The van der Waals surface area contributed by atoms with Crippen molar-refractivity contribution in [2.45, 2.75) is 192 Å². The van der Waals surface area contributed by atoms with Crippen molar-refractivity contribution in [1.29, 1.82) is 0 Å². The highest BCUT2D eigenvalue weighted by Crippen LogP contribution is 2.40. The summed E-state index contributed by atoms with van der Waals surface area (Å²) in [5.41, 5.74) is -3.93. The third kappa shape index (κ3) is 14.1. The average Bonchev–Trinajstić information content (AvgIpc) is 3.24. The van der Waals surface area contributed by atoms with Crippen LogP contribution < -0.4 is 10.6 Å². The number of thiocarbonyl (C=S) groups is 1. The van der Waals surface area contributed by atoms with Gasteiger partial charge in [0.25, 0.3) is 0 Å². The third-order valence-electron chi connectivity index (χ3n) is 14.1. The van der Waals surface area contributed by atoms with Crippen molar-refractivity contribution in [3.05, 3.63) is 28.2 Å². The van der Waals surface area contributed by atoms with Gasteiger partial charge in [-0.1, -0.05) is 44.0 Å². The van der Waals surface area contributed by atoms with Gasteiger partial charge in [-0.05, 0) is 125 Å². The first-order chi connectivity index (χ1) is 30.7. The summed E-state index contributed by atoms with van der Waals surface area (Å²) in [6.45, 7) is 18.9. The molecule has 0 saturated carbocycles. The van der Waals surface area contributed by atoms with Gasteiger partial charge in [-0.2, -0.15) is 0 Å². The number of hydrogen-bond donors (Lipinski definition) is 7. The Balaban J connectivity index is 1.73. The number of esters is 1. The van der Waals surface area contributed by atoms with E-state index in [0.29, 0.717) is 53.3 Å². The van der Waals surface area contributed by atoms with E-state index in [2.05, 4.69) is 15.5 Å². The van der Waals surface area contributed by atoms with Gasteiger partial charge in [0.05, 0.1) is 51.6 Å². The number of aliphatic hydroxyl groups is 5. The molecule has 3 aliphatic heterocycles. The van der Waals surface area contributed by atoms with Crippen molar-refractivity contribution in [3.8, 4) is 0 Å². The summed E-state index contributed by atoms with van der Waals surface area (Å²) in [7, 11) is 5.26. The van der Waals surface area contributed by atoms with Gasteiger partial charge < -0.3 is 69.5 Å². The molecule has 3 heterocycles. The Kier molecular flexibility index (Phi) is 20.8. The van der Waals surface area contributed by atoms with Gasteiger partial charge in [-0.15, -0.1) is 0 Å². The summed E-state index contributed by atoms with van der Waals surface area (Å²) in [5.74, 6) is -2.83. The van der Waals surface area contributed by atoms with Gasteiger partial charge in [0.15, 0.2) is 17.7 Å². The molecule has 0 unspecified atom stereocenters. The first-order valence-corrected chi connectivity index (χ1v) is 24.6. The molecule has 0 aromatic heterocycles. The zero-order chi connectivity index (χ0) is 49.6. The van der Waals surface area contributed by atoms with Crippen molar-refractivity contribution in [3.63, 3.8) is 0 Å². The van der Waals surface area contributed by atoms with Crippen LogP contribution in [0.2, 0.25) is 10.0 Å². The summed E-state index contributed by atoms with van der Waals surface area (Å²) in [4.78, 5) is 18.5. The van der Waals surface area contributed by atoms with E-state index in [1.54, 1.807) is 52.8 Å². The second-order valence-corrected chi connectivity index (χ2v) is 21.3. The number of carbonyl (C=O) groups is 1. The van der Waals surface area contributed by atoms with Crippen LogP contribution in [0, 0.1) is 17.8 Å². The lowest BCUT2D eigenvalue weighted by atomic mass is 9.77. The van der Waals surface area contributed by atoms with Crippen molar-refractivity contribution in [2.75, 3.05) is 46.2 Å². The summed E-state index contributed by atoms with van der Waals surface area (Å²) >= 11 is 17.8. The van der Waals surface area contributed by atoms with Crippen LogP contribution in [0.1, 0.15) is 101 Å². The normalized spacial score (nSPS) is 41.4. The minimum Gasteiger partial charge on any atom is -0.459 e. The van der Waals surface area contributed by atoms with Gasteiger partial charge in [-0.25, -0.2) is 0 Å². The van der Waals surface area contributed by atoms with Crippen LogP contribution in [-0.2, 0) is 33.2 Å². The molecule has 380 valence electrons. The Hall–Kier alpha value is -1.52. The van der Waals surface area contributed by atoms with E-state index < -0.39 is 96.0 Å². The molecule has 0 radical (unpaired) electrons.